The highest BCUT2D eigenvalue weighted by atomic mass is 16.3. The molecule has 1 heterocycles. The van der Waals surface area contributed by atoms with E-state index in [1.807, 2.05) is 24.3 Å². The van der Waals surface area contributed by atoms with Crippen molar-refractivity contribution in [3.8, 4) is 0 Å². The van der Waals surface area contributed by atoms with Gasteiger partial charge in [0.15, 0.2) is 0 Å². The van der Waals surface area contributed by atoms with Gasteiger partial charge in [0, 0.05) is 11.8 Å². The zero-order chi connectivity index (χ0) is 11.4. The highest BCUT2D eigenvalue weighted by Gasteiger charge is 2.03. The fourth-order valence-corrected chi connectivity index (χ4v) is 1.61. The molecule has 0 bridgehead atoms. The number of allylic oxidation sites excluding steroid dienone is 1. The van der Waals surface area contributed by atoms with E-state index in [0.717, 1.165) is 28.7 Å². The second kappa shape index (κ2) is 4.60. The van der Waals surface area contributed by atoms with Crippen LogP contribution in [0.4, 0.5) is 0 Å². The van der Waals surface area contributed by atoms with Crippen LogP contribution in [0.2, 0.25) is 0 Å². The molecule has 0 unspecified atom stereocenters. The van der Waals surface area contributed by atoms with E-state index in [1.165, 1.54) is 6.08 Å². The van der Waals surface area contributed by atoms with Crippen molar-refractivity contribution < 1.29 is 9.21 Å². The fourth-order valence-electron chi connectivity index (χ4n) is 1.61. The number of rotatable bonds is 4. The Labute approximate surface area is 93.1 Å². The number of hydrogen-bond acceptors (Lipinski definition) is 3. The maximum Gasteiger partial charge on any atom is 0.235 e. The van der Waals surface area contributed by atoms with Crippen LogP contribution in [0, 0.1) is 0 Å². The SMILES string of the molecule is C=CCc1cc2cc(CN=C=O)ccc2o1. The molecular formula is C13H11NO2. The van der Waals surface area contributed by atoms with Crippen molar-refractivity contribution in [3.63, 3.8) is 0 Å². The summed E-state index contributed by atoms with van der Waals surface area (Å²) in [6.07, 6.45) is 4.05. The Morgan fingerprint density at radius 2 is 2.31 bits per heavy atom. The average molecular weight is 213 g/mol. The minimum Gasteiger partial charge on any atom is -0.461 e. The predicted molar refractivity (Wildman–Crippen MR) is 61.9 cm³/mol. The Morgan fingerprint density at radius 1 is 1.44 bits per heavy atom. The first-order valence-corrected chi connectivity index (χ1v) is 4.99. The van der Waals surface area contributed by atoms with Crippen molar-refractivity contribution >= 4 is 17.0 Å². The van der Waals surface area contributed by atoms with Gasteiger partial charge in [0.05, 0.1) is 6.54 Å². The Bertz CT molecular complexity index is 562. The summed E-state index contributed by atoms with van der Waals surface area (Å²) < 4.78 is 5.59. The van der Waals surface area contributed by atoms with Gasteiger partial charge in [-0.25, -0.2) is 9.79 Å². The molecule has 0 N–H and O–H groups in total. The van der Waals surface area contributed by atoms with E-state index in [0.29, 0.717) is 6.54 Å². The molecule has 2 rings (SSSR count). The van der Waals surface area contributed by atoms with Crippen LogP contribution in [0.5, 0.6) is 0 Å². The molecule has 0 spiro atoms. The first-order chi connectivity index (χ1) is 7.83. The molecule has 1 aromatic heterocycles. The maximum atomic E-state index is 10.0. The lowest BCUT2D eigenvalue weighted by molar-refractivity contribution is 0.563. The average Bonchev–Trinajstić information content (AvgIpc) is 2.68. The van der Waals surface area contributed by atoms with Gasteiger partial charge < -0.3 is 4.42 Å². The van der Waals surface area contributed by atoms with Crippen molar-refractivity contribution in [1.29, 1.82) is 0 Å². The van der Waals surface area contributed by atoms with Crippen LogP contribution >= 0.6 is 0 Å². The molecule has 0 aliphatic rings. The van der Waals surface area contributed by atoms with Crippen LogP contribution in [-0.2, 0) is 17.8 Å². The summed E-state index contributed by atoms with van der Waals surface area (Å²) in [5.74, 6) is 0.890. The van der Waals surface area contributed by atoms with E-state index in [4.69, 9.17) is 4.42 Å². The summed E-state index contributed by atoms with van der Waals surface area (Å²) >= 11 is 0. The van der Waals surface area contributed by atoms with E-state index in [9.17, 15) is 4.79 Å². The molecule has 2 aromatic rings. The molecule has 3 nitrogen and oxygen atoms in total. The van der Waals surface area contributed by atoms with Crippen molar-refractivity contribution in [2.45, 2.75) is 13.0 Å². The van der Waals surface area contributed by atoms with Gasteiger partial charge in [-0.1, -0.05) is 12.1 Å². The molecule has 1 aromatic carbocycles. The third-order valence-corrected chi connectivity index (χ3v) is 2.30. The molecule has 0 aliphatic carbocycles. The molecule has 0 amide bonds. The van der Waals surface area contributed by atoms with E-state index in [-0.39, 0.29) is 0 Å². The predicted octanol–water partition coefficient (Wildman–Crippen LogP) is 3.00. The number of carbonyl (C=O) groups excluding carboxylic acids is 1. The molecule has 0 radical (unpaired) electrons. The van der Waals surface area contributed by atoms with Gasteiger partial charge in [-0.3, -0.25) is 0 Å². The van der Waals surface area contributed by atoms with Crippen LogP contribution in [-0.4, -0.2) is 6.08 Å². The van der Waals surface area contributed by atoms with Crippen molar-refractivity contribution in [2.75, 3.05) is 0 Å². The van der Waals surface area contributed by atoms with Crippen LogP contribution in [0.25, 0.3) is 11.0 Å². The number of aliphatic imine (C=N–C) groups is 1. The zero-order valence-electron chi connectivity index (χ0n) is 8.77. The summed E-state index contributed by atoms with van der Waals surface area (Å²) in [5, 5.41) is 1.02. The van der Waals surface area contributed by atoms with Crippen LogP contribution < -0.4 is 0 Å². The number of furan rings is 1. The smallest absolute Gasteiger partial charge is 0.235 e. The number of nitrogens with zero attached hydrogens (tertiary/aromatic N) is 1. The first-order valence-electron chi connectivity index (χ1n) is 4.99. The van der Waals surface area contributed by atoms with Crippen molar-refractivity contribution in [1.82, 2.24) is 0 Å². The summed E-state index contributed by atoms with van der Waals surface area (Å²) in [5.41, 5.74) is 1.82. The third-order valence-electron chi connectivity index (χ3n) is 2.30. The van der Waals surface area contributed by atoms with E-state index in [2.05, 4.69) is 11.6 Å². The van der Waals surface area contributed by atoms with Gasteiger partial charge in [-0.05, 0) is 23.8 Å². The Hall–Kier alpha value is -2.12. The summed E-state index contributed by atoms with van der Waals surface area (Å²) in [6, 6.07) is 7.72. The number of benzene rings is 1. The van der Waals surface area contributed by atoms with Crippen LogP contribution in [0.15, 0.2) is 46.3 Å². The second-order valence-corrected chi connectivity index (χ2v) is 3.49. The second-order valence-electron chi connectivity index (χ2n) is 3.49. The summed E-state index contributed by atoms with van der Waals surface area (Å²) in [6.45, 7) is 4.03. The number of hydrogen-bond donors (Lipinski definition) is 0. The van der Waals surface area contributed by atoms with Gasteiger partial charge in [0.2, 0.25) is 6.08 Å². The molecule has 16 heavy (non-hydrogen) atoms. The maximum absolute atomic E-state index is 10.0. The minimum atomic E-state index is 0.363. The third kappa shape index (κ3) is 2.10. The van der Waals surface area contributed by atoms with E-state index < -0.39 is 0 Å². The highest BCUT2D eigenvalue weighted by molar-refractivity contribution is 5.78. The lowest BCUT2D eigenvalue weighted by Crippen LogP contribution is -1.79. The number of isocyanates is 1. The minimum absolute atomic E-state index is 0.363. The molecular weight excluding hydrogens is 202 g/mol. The molecule has 0 saturated carbocycles. The van der Waals surface area contributed by atoms with Gasteiger partial charge in [-0.15, -0.1) is 6.58 Å². The standard InChI is InChI=1S/C13H11NO2/c1-2-3-12-7-11-6-10(8-14-9-15)4-5-13(11)16-12/h2,4-7H,1,3,8H2. The summed E-state index contributed by atoms with van der Waals surface area (Å²) in [4.78, 5) is 13.5. The fraction of sp³-hybridized carbons (Fsp3) is 0.154. The van der Waals surface area contributed by atoms with Gasteiger partial charge in [0.1, 0.15) is 11.3 Å². The lowest BCUT2D eigenvalue weighted by atomic mass is 10.1. The largest absolute Gasteiger partial charge is 0.461 e. The quantitative estimate of drug-likeness (QED) is 0.445. The Kier molecular flexibility index (Phi) is 2.99. The summed E-state index contributed by atoms with van der Waals surface area (Å²) in [7, 11) is 0. The highest BCUT2D eigenvalue weighted by Crippen LogP contribution is 2.21. The molecule has 0 aliphatic heterocycles. The topological polar surface area (TPSA) is 42.6 Å². The lowest BCUT2D eigenvalue weighted by Gasteiger charge is -1.93. The monoisotopic (exact) mass is 213 g/mol. The van der Waals surface area contributed by atoms with Crippen LogP contribution in [0.1, 0.15) is 11.3 Å². The van der Waals surface area contributed by atoms with Gasteiger partial charge >= 0.3 is 0 Å². The van der Waals surface area contributed by atoms with Crippen LogP contribution in [0.3, 0.4) is 0 Å². The Morgan fingerprint density at radius 3 is 3.06 bits per heavy atom. The van der Waals surface area contributed by atoms with Gasteiger partial charge in [0.25, 0.3) is 0 Å². The molecule has 80 valence electrons. The number of fused-ring (bicyclic) bond motifs is 1. The van der Waals surface area contributed by atoms with Gasteiger partial charge in [-0.2, -0.15) is 0 Å². The van der Waals surface area contributed by atoms with Crippen molar-refractivity contribution in [2.24, 2.45) is 4.99 Å². The molecule has 0 fully saturated rings. The Balaban J connectivity index is 2.37. The molecule has 0 atom stereocenters. The molecule has 0 saturated heterocycles. The van der Waals surface area contributed by atoms with E-state index in [1.54, 1.807) is 6.08 Å². The molecule has 3 heteroatoms. The first kappa shape index (κ1) is 10.4. The van der Waals surface area contributed by atoms with E-state index >= 15 is 0 Å². The zero-order valence-corrected chi connectivity index (χ0v) is 8.77. The van der Waals surface area contributed by atoms with Crippen molar-refractivity contribution in [3.05, 3.63) is 48.2 Å². The normalized spacial score (nSPS) is 10.0.